The average Bonchev–Trinajstić information content (AvgIpc) is 3.12. The summed E-state index contributed by atoms with van der Waals surface area (Å²) in [6.45, 7) is 0. The fourth-order valence-corrected chi connectivity index (χ4v) is 2.22. The number of aromatic amines is 1. The Labute approximate surface area is 104 Å². The minimum Gasteiger partial charge on any atom is -0.497 e. The van der Waals surface area contributed by atoms with E-state index >= 15 is 0 Å². The molecule has 0 atom stereocenters. The predicted octanol–water partition coefficient (Wildman–Crippen LogP) is 2.95. The second-order valence-corrected chi connectivity index (χ2v) is 4.57. The van der Waals surface area contributed by atoms with E-state index in [-0.39, 0.29) is 0 Å². The molecule has 1 aromatic carbocycles. The molecule has 88 valence electrons. The van der Waals surface area contributed by atoms with Gasteiger partial charge in [-0.05, 0) is 37.2 Å². The van der Waals surface area contributed by atoms with Gasteiger partial charge in [0.05, 0.1) is 7.11 Å². The van der Waals surface area contributed by atoms with Gasteiger partial charge in [-0.3, -0.25) is 9.67 Å². The Morgan fingerprint density at radius 1 is 1.47 bits per heavy atom. The third-order valence-corrected chi connectivity index (χ3v) is 3.23. The average molecular weight is 247 g/mol. The van der Waals surface area contributed by atoms with E-state index in [4.69, 9.17) is 17.0 Å². The zero-order valence-corrected chi connectivity index (χ0v) is 10.3. The first-order valence-electron chi connectivity index (χ1n) is 5.61. The Morgan fingerprint density at radius 3 is 3.00 bits per heavy atom. The first-order valence-corrected chi connectivity index (χ1v) is 6.02. The fourth-order valence-electron chi connectivity index (χ4n) is 1.94. The summed E-state index contributed by atoms with van der Waals surface area (Å²) in [7, 11) is 1.66. The van der Waals surface area contributed by atoms with Crippen molar-refractivity contribution in [2.24, 2.45) is 0 Å². The summed E-state index contributed by atoms with van der Waals surface area (Å²) < 4.78 is 8.03. The molecule has 0 aliphatic heterocycles. The highest BCUT2D eigenvalue weighted by atomic mass is 32.1. The Hall–Kier alpha value is -1.62. The van der Waals surface area contributed by atoms with Gasteiger partial charge < -0.3 is 4.74 Å². The zero-order valence-electron chi connectivity index (χ0n) is 9.51. The Bertz CT molecular complexity index is 598. The van der Waals surface area contributed by atoms with Gasteiger partial charge >= 0.3 is 0 Å². The third-order valence-electron chi connectivity index (χ3n) is 2.94. The molecule has 17 heavy (non-hydrogen) atoms. The summed E-state index contributed by atoms with van der Waals surface area (Å²) >= 11 is 5.26. The van der Waals surface area contributed by atoms with Gasteiger partial charge in [0.25, 0.3) is 0 Å². The molecular formula is C12H13N3OS. The van der Waals surface area contributed by atoms with Gasteiger partial charge in [0, 0.05) is 11.6 Å². The van der Waals surface area contributed by atoms with Crippen molar-refractivity contribution in [1.29, 1.82) is 0 Å². The smallest absolute Gasteiger partial charge is 0.195 e. The Morgan fingerprint density at radius 2 is 2.29 bits per heavy atom. The summed E-state index contributed by atoms with van der Waals surface area (Å²) in [4.78, 5) is 0. The topological polar surface area (TPSA) is 42.8 Å². The van der Waals surface area contributed by atoms with Gasteiger partial charge in [-0.1, -0.05) is 12.1 Å². The van der Waals surface area contributed by atoms with Crippen molar-refractivity contribution in [3.8, 4) is 17.1 Å². The van der Waals surface area contributed by atoms with Crippen LogP contribution in [0.4, 0.5) is 0 Å². The number of hydrogen-bond donors (Lipinski definition) is 1. The lowest BCUT2D eigenvalue weighted by atomic mass is 10.2. The molecule has 0 unspecified atom stereocenters. The highest BCUT2D eigenvalue weighted by Crippen LogP contribution is 2.38. The van der Waals surface area contributed by atoms with Crippen LogP contribution in [0, 0.1) is 4.77 Å². The molecule has 0 spiro atoms. The minimum atomic E-state index is 0.516. The maximum absolute atomic E-state index is 5.26. The first-order chi connectivity index (χ1) is 8.29. The van der Waals surface area contributed by atoms with Gasteiger partial charge in [0.1, 0.15) is 5.75 Å². The molecule has 3 rings (SSSR count). The molecule has 1 aliphatic rings. The molecule has 5 heteroatoms. The lowest BCUT2D eigenvalue weighted by Gasteiger charge is -2.06. The molecule has 0 radical (unpaired) electrons. The van der Waals surface area contributed by atoms with E-state index in [0.29, 0.717) is 10.8 Å². The van der Waals surface area contributed by atoms with Crippen molar-refractivity contribution in [3.05, 3.63) is 29.0 Å². The number of hydrogen-bond acceptors (Lipinski definition) is 3. The Kier molecular flexibility index (Phi) is 2.48. The second-order valence-electron chi connectivity index (χ2n) is 4.19. The summed E-state index contributed by atoms with van der Waals surface area (Å²) in [5, 5.41) is 7.18. The quantitative estimate of drug-likeness (QED) is 0.848. The molecule has 1 aliphatic carbocycles. The molecule has 1 saturated carbocycles. The van der Waals surface area contributed by atoms with Crippen molar-refractivity contribution in [1.82, 2.24) is 14.8 Å². The number of ether oxygens (including phenoxy) is 1. The molecule has 1 heterocycles. The third kappa shape index (κ3) is 1.86. The van der Waals surface area contributed by atoms with Crippen LogP contribution in [0.25, 0.3) is 11.4 Å². The molecule has 0 amide bonds. The van der Waals surface area contributed by atoms with E-state index in [2.05, 4.69) is 14.8 Å². The summed E-state index contributed by atoms with van der Waals surface area (Å²) in [6, 6.07) is 8.40. The van der Waals surface area contributed by atoms with Crippen molar-refractivity contribution in [2.45, 2.75) is 18.9 Å². The van der Waals surface area contributed by atoms with Crippen LogP contribution in [-0.2, 0) is 0 Å². The molecule has 1 fully saturated rings. The van der Waals surface area contributed by atoms with Crippen LogP contribution in [0.3, 0.4) is 0 Å². The van der Waals surface area contributed by atoms with E-state index in [1.54, 1.807) is 7.11 Å². The van der Waals surface area contributed by atoms with Gasteiger partial charge in [0.2, 0.25) is 0 Å². The van der Waals surface area contributed by atoms with Crippen molar-refractivity contribution in [3.63, 3.8) is 0 Å². The largest absolute Gasteiger partial charge is 0.497 e. The van der Waals surface area contributed by atoms with E-state index in [9.17, 15) is 0 Å². The predicted molar refractivity (Wildman–Crippen MR) is 67.7 cm³/mol. The fraction of sp³-hybridized carbons (Fsp3) is 0.333. The SMILES string of the molecule is COc1cccc(-c2n[nH]c(=S)n2C2CC2)c1. The Balaban J connectivity index is 2.11. The van der Waals surface area contributed by atoms with E-state index in [0.717, 1.165) is 17.1 Å². The van der Waals surface area contributed by atoms with Gasteiger partial charge in [-0.15, -0.1) is 0 Å². The monoisotopic (exact) mass is 247 g/mol. The van der Waals surface area contributed by atoms with Gasteiger partial charge in [0.15, 0.2) is 10.6 Å². The van der Waals surface area contributed by atoms with Crippen LogP contribution in [0.5, 0.6) is 5.75 Å². The number of rotatable bonds is 3. The highest BCUT2D eigenvalue weighted by molar-refractivity contribution is 7.71. The number of H-pyrrole nitrogens is 1. The normalized spacial score (nSPS) is 14.9. The maximum Gasteiger partial charge on any atom is 0.195 e. The second kappa shape index (κ2) is 4.00. The van der Waals surface area contributed by atoms with E-state index in [1.807, 2.05) is 24.3 Å². The standard InChI is InChI=1S/C12H13N3OS/c1-16-10-4-2-3-8(7-10)11-13-14-12(17)15(11)9-5-6-9/h2-4,7,9H,5-6H2,1H3,(H,14,17). The summed E-state index contributed by atoms with van der Waals surface area (Å²) in [6.07, 6.45) is 2.37. The minimum absolute atomic E-state index is 0.516. The number of aromatic nitrogens is 3. The van der Waals surface area contributed by atoms with Crippen LogP contribution >= 0.6 is 12.2 Å². The number of nitrogens with zero attached hydrogens (tertiary/aromatic N) is 2. The lowest BCUT2D eigenvalue weighted by Crippen LogP contribution is -1.97. The molecule has 4 nitrogen and oxygen atoms in total. The highest BCUT2D eigenvalue weighted by Gasteiger charge is 2.27. The van der Waals surface area contributed by atoms with Crippen LogP contribution in [0.15, 0.2) is 24.3 Å². The maximum atomic E-state index is 5.26. The van der Waals surface area contributed by atoms with Crippen molar-refractivity contribution >= 4 is 12.2 Å². The number of methoxy groups -OCH3 is 1. The number of nitrogens with one attached hydrogen (secondary N) is 1. The molecule has 0 saturated heterocycles. The lowest BCUT2D eigenvalue weighted by molar-refractivity contribution is 0.415. The van der Waals surface area contributed by atoms with Crippen LogP contribution in [-0.4, -0.2) is 21.9 Å². The van der Waals surface area contributed by atoms with Crippen LogP contribution in [0.1, 0.15) is 18.9 Å². The molecule has 1 aromatic heterocycles. The molecule has 0 bridgehead atoms. The zero-order chi connectivity index (χ0) is 11.8. The van der Waals surface area contributed by atoms with E-state index < -0.39 is 0 Å². The van der Waals surface area contributed by atoms with Gasteiger partial charge in [-0.25, -0.2) is 0 Å². The van der Waals surface area contributed by atoms with E-state index in [1.165, 1.54) is 12.8 Å². The summed E-state index contributed by atoms with van der Waals surface area (Å²) in [5.74, 6) is 1.73. The molecular weight excluding hydrogens is 234 g/mol. The first kappa shape index (κ1) is 10.5. The molecule has 1 N–H and O–H groups in total. The summed E-state index contributed by atoms with van der Waals surface area (Å²) in [5.41, 5.74) is 1.03. The van der Waals surface area contributed by atoms with Crippen LogP contribution < -0.4 is 4.74 Å². The van der Waals surface area contributed by atoms with Crippen molar-refractivity contribution in [2.75, 3.05) is 7.11 Å². The van der Waals surface area contributed by atoms with Gasteiger partial charge in [-0.2, -0.15) is 5.10 Å². The van der Waals surface area contributed by atoms with Crippen LogP contribution in [0.2, 0.25) is 0 Å². The van der Waals surface area contributed by atoms with Crippen molar-refractivity contribution < 1.29 is 4.74 Å². The molecule has 2 aromatic rings. The number of benzene rings is 1.